The fourth-order valence-corrected chi connectivity index (χ4v) is 0.633. The maximum absolute atomic E-state index is 8.85. The van der Waals surface area contributed by atoms with Crippen molar-refractivity contribution in [2.24, 2.45) is 0 Å². The Balaban J connectivity index is 0.000000461. The molecule has 0 unspecified atom stereocenters. The second-order valence-corrected chi connectivity index (χ2v) is 1.99. The van der Waals surface area contributed by atoms with Gasteiger partial charge in [0.05, 0.1) is 0 Å². The van der Waals surface area contributed by atoms with Gasteiger partial charge in [0.15, 0.2) is 11.5 Å². The van der Waals surface area contributed by atoms with Gasteiger partial charge in [-0.05, 0) is 24.6 Å². The monoisotopic (exact) mass is 154 g/mol. The van der Waals surface area contributed by atoms with Gasteiger partial charge in [-0.3, -0.25) is 0 Å². The largest absolute Gasteiger partial charge is 0.504 e. The van der Waals surface area contributed by atoms with E-state index in [9.17, 15) is 0 Å². The molecule has 0 aromatic heterocycles. The van der Waals surface area contributed by atoms with Crippen molar-refractivity contribution in [2.75, 3.05) is 0 Å². The summed E-state index contributed by atoms with van der Waals surface area (Å²) in [6, 6.07) is 4.70. The van der Waals surface area contributed by atoms with Crippen LogP contribution in [0.2, 0.25) is 0 Å². The van der Waals surface area contributed by atoms with Gasteiger partial charge in [0.2, 0.25) is 0 Å². The van der Waals surface area contributed by atoms with Crippen molar-refractivity contribution in [3.63, 3.8) is 0 Å². The Bertz CT molecular complexity index is 219. The lowest BCUT2D eigenvalue weighted by Crippen LogP contribution is -1.70. The molecular formula is C9H14O2. The molecule has 0 fully saturated rings. The molecule has 0 amide bonds. The van der Waals surface area contributed by atoms with Crippen LogP contribution < -0.4 is 0 Å². The maximum atomic E-state index is 8.85. The Morgan fingerprint density at radius 2 is 1.55 bits per heavy atom. The first-order chi connectivity index (χ1) is 5.20. The number of phenolic OH excluding ortho intramolecular Hbond substituents is 2. The van der Waals surface area contributed by atoms with Crippen LogP contribution in [-0.2, 0) is 0 Å². The van der Waals surface area contributed by atoms with Gasteiger partial charge in [0.1, 0.15) is 0 Å². The first-order valence-corrected chi connectivity index (χ1v) is 3.69. The number of hydrogen-bond donors (Lipinski definition) is 2. The summed E-state index contributed by atoms with van der Waals surface area (Å²) in [6.45, 7) is 5.85. The minimum Gasteiger partial charge on any atom is -0.504 e. The van der Waals surface area contributed by atoms with Crippen LogP contribution in [0.5, 0.6) is 11.5 Å². The molecule has 1 aromatic carbocycles. The molecule has 11 heavy (non-hydrogen) atoms. The molecule has 0 aliphatic carbocycles. The predicted octanol–water partition coefficient (Wildman–Crippen LogP) is 2.43. The van der Waals surface area contributed by atoms with Gasteiger partial charge >= 0.3 is 0 Å². The van der Waals surface area contributed by atoms with E-state index in [1.54, 1.807) is 6.07 Å². The zero-order valence-electron chi connectivity index (χ0n) is 7.13. The summed E-state index contributed by atoms with van der Waals surface area (Å²) >= 11 is 0. The lowest BCUT2D eigenvalue weighted by molar-refractivity contribution is 0.403. The first kappa shape index (κ1) is 9.82. The number of phenols is 2. The molecule has 2 heteroatoms. The highest BCUT2D eigenvalue weighted by atomic mass is 16.3. The van der Waals surface area contributed by atoms with Gasteiger partial charge < -0.3 is 10.2 Å². The lowest BCUT2D eigenvalue weighted by atomic mass is 10.2. The Labute approximate surface area is 67.1 Å². The maximum Gasteiger partial charge on any atom is 0.157 e. The van der Waals surface area contributed by atoms with E-state index < -0.39 is 0 Å². The van der Waals surface area contributed by atoms with E-state index in [2.05, 4.69) is 0 Å². The molecule has 0 spiro atoms. The van der Waals surface area contributed by atoms with E-state index >= 15 is 0 Å². The second-order valence-electron chi connectivity index (χ2n) is 1.99. The second kappa shape index (κ2) is 4.61. The quantitative estimate of drug-likeness (QED) is 0.563. The molecule has 0 saturated heterocycles. The first-order valence-electron chi connectivity index (χ1n) is 3.69. The highest BCUT2D eigenvalue weighted by Crippen LogP contribution is 2.23. The van der Waals surface area contributed by atoms with Crippen molar-refractivity contribution < 1.29 is 10.2 Å². The van der Waals surface area contributed by atoms with Crippen LogP contribution in [0.3, 0.4) is 0 Å². The Kier molecular flexibility index (Phi) is 4.11. The SMILES string of the molecule is CC.Cc1ccc(O)c(O)c1. The van der Waals surface area contributed by atoms with Gasteiger partial charge in [-0.2, -0.15) is 0 Å². The fraction of sp³-hybridized carbons (Fsp3) is 0.333. The van der Waals surface area contributed by atoms with E-state index in [0.29, 0.717) is 0 Å². The van der Waals surface area contributed by atoms with Crippen LogP contribution in [0.4, 0.5) is 0 Å². The minimum atomic E-state index is -0.0689. The Hall–Kier alpha value is -1.18. The molecule has 0 radical (unpaired) electrons. The number of rotatable bonds is 0. The van der Waals surface area contributed by atoms with E-state index in [4.69, 9.17) is 10.2 Å². The molecule has 0 aliphatic rings. The molecule has 1 aromatic rings. The highest BCUT2D eigenvalue weighted by Gasteiger charge is 1.94. The Morgan fingerprint density at radius 1 is 1.00 bits per heavy atom. The van der Waals surface area contributed by atoms with Gasteiger partial charge in [-0.15, -0.1) is 0 Å². The van der Waals surface area contributed by atoms with Crippen molar-refractivity contribution in [2.45, 2.75) is 20.8 Å². The average Bonchev–Trinajstić information content (AvgIpc) is 2.02. The third kappa shape index (κ3) is 2.94. The molecule has 0 bridgehead atoms. The van der Waals surface area contributed by atoms with Gasteiger partial charge in [-0.1, -0.05) is 19.9 Å². The zero-order valence-corrected chi connectivity index (χ0v) is 7.13. The molecule has 62 valence electrons. The molecule has 0 saturated carbocycles. The molecule has 0 atom stereocenters. The summed E-state index contributed by atoms with van der Waals surface area (Å²) in [4.78, 5) is 0. The Morgan fingerprint density at radius 3 is 1.91 bits per heavy atom. The van der Waals surface area contributed by atoms with Crippen molar-refractivity contribution >= 4 is 0 Å². The third-order valence-electron chi connectivity index (χ3n) is 1.13. The summed E-state index contributed by atoms with van der Waals surface area (Å²) in [7, 11) is 0. The third-order valence-corrected chi connectivity index (χ3v) is 1.13. The summed E-state index contributed by atoms with van der Waals surface area (Å²) in [6.07, 6.45) is 0. The van der Waals surface area contributed by atoms with Crippen molar-refractivity contribution in [1.29, 1.82) is 0 Å². The van der Waals surface area contributed by atoms with Crippen LogP contribution in [0.1, 0.15) is 19.4 Å². The van der Waals surface area contributed by atoms with Crippen LogP contribution in [-0.4, -0.2) is 10.2 Å². The molecule has 0 heterocycles. The van der Waals surface area contributed by atoms with Crippen LogP contribution in [0.15, 0.2) is 18.2 Å². The highest BCUT2D eigenvalue weighted by molar-refractivity contribution is 5.39. The van der Waals surface area contributed by atoms with Crippen LogP contribution in [0.25, 0.3) is 0 Å². The summed E-state index contributed by atoms with van der Waals surface area (Å²) < 4.78 is 0. The normalized spacial score (nSPS) is 8.27. The lowest BCUT2D eigenvalue weighted by Gasteiger charge is -1.95. The van der Waals surface area contributed by atoms with Crippen molar-refractivity contribution in [1.82, 2.24) is 0 Å². The van der Waals surface area contributed by atoms with Crippen molar-refractivity contribution in [3.05, 3.63) is 23.8 Å². The zero-order chi connectivity index (χ0) is 8.85. The van der Waals surface area contributed by atoms with Gasteiger partial charge in [0.25, 0.3) is 0 Å². The number of benzene rings is 1. The molecule has 1 rings (SSSR count). The van der Waals surface area contributed by atoms with Crippen molar-refractivity contribution in [3.8, 4) is 11.5 Å². The van der Waals surface area contributed by atoms with E-state index in [1.165, 1.54) is 12.1 Å². The standard InChI is InChI=1S/C7H8O2.C2H6/c1-5-2-3-6(8)7(9)4-5;1-2/h2-4,8-9H,1H3;1-2H3. The summed E-state index contributed by atoms with van der Waals surface area (Å²) in [5.74, 6) is -0.129. The van der Waals surface area contributed by atoms with Crippen LogP contribution in [0, 0.1) is 6.92 Å². The fourth-order valence-electron chi connectivity index (χ4n) is 0.633. The summed E-state index contributed by atoms with van der Waals surface area (Å²) in [5, 5.41) is 17.6. The van der Waals surface area contributed by atoms with E-state index in [0.717, 1.165) is 5.56 Å². The minimum absolute atomic E-state index is 0.0602. The topological polar surface area (TPSA) is 40.5 Å². The van der Waals surface area contributed by atoms with Gasteiger partial charge in [-0.25, -0.2) is 0 Å². The molecule has 2 nitrogen and oxygen atoms in total. The van der Waals surface area contributed by atoms with E-state index in [1.807, 2.05) is 20.8 Å². The average molecular weight is 154 g/mol. The number of hydrogen-bond acceptors (Lipinski definition) is 2. The van der Waals surface area contributed by atoms with Gasteiger partial charge in [0, 0.05) is 0 Å². The molecule has 2 N–H and O–H groups in total. The number of aromatic hydroxyl groups is 2. The predicted molar refractivity (Wildman–Crippen MR) is 45.9 cm³/mol. The smallest absolute Gasteiger partial charge is 0.157 e. The van der Waals surface area contributed by atoms with Crippen LogP contribution >= 0.6 is 0 Å². The number of aryl methyl sites for hydroxylation is 1. The van der Waals surface area contributed by atoms with E-state index in [-0.39, 0.29) is 11.5 Å². The molecular weight excluding hydrogens is 140 g/mol. The molecule has 0 aliphatic heterocycles. The summed E-state index contributed by atoms with van der Waals surface area (Å²) in [5.41, 5.74) is 0.935.